The van der Waals surface area contributed by atoms with Crippen LogP contribution in [0.2, 0.25) is 0 Å². The molecule has 7 nitrogen and oxygen atoms in total. The van der Waals surface area contributed by atoms with Gasteiger partial charge < -0.3 is 5.32 Å². The lowest BCUT2D eigenvalue weighted by Gasteiger charge is -2.07. The Bertz CT molecular complexity index is 769. The van der Waals surface area contributed by atoms with Crippen LogP contribution in [0.3, 0.4) is 0 Å². The van der Waals surface area contributed by atoms with Crippen LogP contribution in [-0.4, -0.2) is 36.5 Å². The van der Waals surface area contributed by atoms with Gasteiger partial charge in [0.25, 0.3) is 0 Å². The standard InChI is InChI=1S/C14H17N7/c1-2-6-15-14-17-12-10(8-16-19-12)13(18-14)21-7-5-11(20-21)9-3-4-9/h5,7-9H,2-4,6H2,1H3,(H2,15,16,17,18,19). The van der Waals surface area contributed by atoms with E-state index in [1.165, 1.54) is 12.8 Å². The summed E-state index contributed by atoms with van der Waals surface area (Å²) in [4.78, 5) is 9.02. The highest BCUT2D eigenvalue weighted by atomic mass is 15.3. The molecule has 1 fully saturated rings. The Morgan fingerprint density at radius 2 is 2.29 bits per heavy atom. The van der Waals surface area contributed by atoms with Gasteiger partial charge in [-0.3, -0.25) is 5.10 Å². The summed E-state index contributed by atoms with van der Waals surface area (Å²) < 4.78 is 1.82. The Labute approximate surface area is 121 Å². The van der Waals surface area contributed by atoms with E-state index in [9.17, 15) is 0 Å². The Balaban J connectivity index is 1.78. The number of nitrogens with one attached hydrogen (secondary N) is 2. The molecule has 0 spiro atoms. The summed E-state index contributed by atoms with van der Waals surface area (Å²) >= 11 is 0. The van der Waals surface area contributed by atoms with Gasteiger partial charge in [0, 0.05) is 18.7 Å². The molecule has 7 heteroatoms. The summed E-state index contributed by atoms with van der Waals surface area (Å²) in [5, 5.41) is 15.7. The number of aromatic amines is 1. The molecule has 1 aliphatic carbocycles. The lowest BCUT2D eigenvalue weighted by atomic mass is 10.3. The van der Waals surface area contributed by atoms with E-state index in [2.05, 4.69) is 43.6 Å². The van der Waals surface area contributed by atoms with Crippen molar-refractivity contribution in [3.8, 4) is 5.82 Å². The third kappa shape index (κ3) is 2.24. The highest BCUT2D eigenvalue weighted by Crippen LogP contribution is 2.39. The minimum Gasteiger partial charge on any atom is -0.354 e. The fraction of sp³-hybridized carbons (Fsp3) is 0.429. The third-order valence-electron chi connectivity index (χ3n) is 3.65. The van der Waals surface area contributed by atoms with E-state index in [1.54, 1.807) is 6.20 Å². The fourth-order valence-electron chi connectivity index (χ4n) is 2.36. The Morgan fingerprint density at radius 1 is 1.38 bits per heavy atom. The molecule has 0 aromatic carbocycles. The number of anilines is 1. The van der Waals surface area contributed by atoms with Crippen LogP contribution in [0.15, 0.2) is 18.5 Å². The summed E-state index contributed by atoms with van der Waals surface area (Å²) in [5.41, 5.74) is 1.87. The van der Waals surface area contributed by atoms with Crippen molar-refractivity contribution < 1.29 is 0 Å². The fourth-order valence-corrected chi connectivity index (χ4v) is 2.36. The molecule has 0 atom stereocenters. The SMILES string of the molecule is CCCNc1nc(-n2ccc(C3CC3)n2)c2cn[nH]c2n1. The van der Waals surface area contributed by atoms with Gasteiger partial charge in [-0.2, -0.15) is 20.2 Å². The van der Waals surface area contributed by atoms with Crippen molar-refractivity contribution in [2.75, 3.05) is 11.9 Å². The number of hydrogen-bond donors (Lipinski definition) is 2. The van der Waals surface area contributed by atoms with Crippen LogP contribution in [0.4, 0.5) is 5.95 Å². The number of aromatic nitrogens is 6. The normalized spacial score (nSPS) is 14.7. The molecular weight excluding hydrogens is 266 g/mol. The summed E-state index contributed by atoms with van der Waals surface area (Å²) in [6.45, 7) is 2.95. The number of rotatable bonds is 5. The average molecular weight is 283 g/mol. The van der Waals surface area contributed by atoms with E-state index in [0.717, 1.165) is 35.5 Å². The van der Waals surface area contributed by atoms with E-state index in [-0.39, 0.29) is 0 Å². The Hall–Kier alpha value is -2.44. The zero-order valence-corrected chi connectivity index (χ0v) is 11.9. The average Bonchev–Trinajstić information content (AvgIpc) is 3.05. The topological polar surface area (TPSA) is 84.3 Å². The minimum atomic E-state index is 0.604. The molecule has 1 aliphatic rings. The maximum Gasteiger partial charge on any atom is 0.226 e. The van der Waals surface area contributed by atoms with E-state index < -0.39 is 0 Å². The molecule has 0 aliphatic heterocycles. The molecular formula is C14H17N7. The van der Waals surface area contributed by atoms with Gasteiger partial charge in [0.1, 0.15) is 0 Å². The predicted octanol–water partition coefficient (Wildman–Crippen LogP) is 2.24. The molecule has 2 N–H and O–H groups in total. The zero-order chi connectivity index (χ0) is 14.2. The van der Waals surface area contributed by atoms with Gasteiger partial charge in [-0.05, 0) is 25.3 Å². The van der Waals surface area contributed by atoms with Crippen LogP contribution in [0, 0.1) is 0 Å². The minimum absolute atomic E-state index is 0.604. The second-order valence-electron chi connectivity index (χ2n) is 5.39. The van der Waals surface area contributed by atoms with E-state index in [4.69, 9.17) is 0 Å². The summed E-state index contributed by atoms with van der Waals surface area (Å²) in [6, 6.07) is 2.07. The van der Waals surface area contributed by atoms with Crippen LogP contribution in [-0.2, 0) is 0 Å². The van der Waals surface area contributed by atoms with E-state index >= 15 is 0 Å². The van der Waals surface area contributed by atoms with Gasteiger partial charge in [-0.1, -0.05) is 6.92 Å². The van der Waals surface area contributed by atoms with Crippen LogP contribution in [0.25, 0.3) is 16.9 Å². The first-order valence-corrected chi connectivity index (χ1v) is 7.36. The van der Waals surface area contributed by atoms with Gasteiger partial charge in [0.05, 0.1) is 17.3 Å². The molecule has 21 heavy (non-hydrogen) atoms. The van der Waals surface area contributed by atoms with E-state index in [0.29, 0.717) is 11.9 Å². The maximum absolute atomic E-state index is 4.65. The largest absolute Gasteiger partial charge is 0.354 e. The predicted molar refractivity (Wildman–Crippen MR) is 79.6 cm³/mol. The molecule has 0 radical (unpaired) electrons. The number of nitrogens with zero attached hydrogens (tertiary/aromatic N) is 5. The molecule has 0 bridgehead atoms. The summed E-state index contributed by atoms with van der Waals surface area (Å²) in [5.74, 6) is 2.00. The maximum atomic E-state index is 4.65. The number of H-pyrrole nitrogens is 1. The van der Waals surface area contributed by atoms with Gasteiger partial charge in [0.15, 0.2) is 11.5 Å². The zero-order valence-electron chi connectivity index (χ0n) is 11.9. The van der Waals surface area contributed by atoms with Crippen molar-refractivity contribution >= 4 is 17.0 Å². The van der Waals surface area contributed by atoms with Crippen molar-refractivity contribution in [2.24, 2.45) is 0 Å². The first-order chi connectivity index (χ1) is 10.3. The molecule has 0 unspecified atom stereocenters. The second kappa shape index (κ2) is 4.83. The van der Waals surface area contributed by atoms with Crippen molar-refractivity contribution in [1.82, 2.24) is 29.9 Å². The molecule has 0 saturated heterocycles. The van der Waals surface area contributed by atoms with Crippen molar-refractivity contribution in [3.63, 3.8) is 0 Å². The van der Waals surface area contributed by atoms with Crippen LogP contribution in [0.1, 0.15) is 37.8 Å². The number of fused-ring (bicyclic) bond motifs is 1. The van der Waals surface area contributed by atoms with Crippen LogP contribution >= 0.6 is 0 Å². The lowest BCUT2D eigenvalue weighted by molar-refractivity contribution is 0.815. The summed E-state index contributed by atoms with van der Waals surface area (Å²) in [6.07, 6.45) is 7.21. The Kier molecular flexibility index (Phi) is 2.83. The smallest absolute Gasteiger partial charge is 0.226 e. The van der Waals surface area contributed by atoms with Crippen LogP contribution in [0.5, 0.6) is 0 Å². The molecule has 3 aromatic rings. The molecule has 1 saturated carbocycles. The summed E-state index contributed by atoms with van der Waals surface area (Å²) in [7, 11) is 0. The van der Waals surface area contributed by atoms with Crippen molar-refractivity contribution in [3.05, 3.63) is 24.2 Å². The monoisotopic (exact) mass is 283 g/mol. The first kappa shape index (κ1) is 12.3. The van der Waals surface area contributed by atoms with Gasteiger partial charge in [-0.25, -0.2) is 4.68 Å². The molecule has 4 rings (SSSR count). The second-order valence-corrected chi connectivity index (χ2v) is 5.39. The number of hydrogen-bond acceptors (Lipinski definition) is 5. The van der Waals surface area contributed by atoms with Gasteiger partial charge >= 0.3 is 0 Å². The van der Waals surface area contributed by atoms with Crippen molar-refractivity contribution in [1.29, 1.82) is 0 Å². The molecule has 0 amide bonds. The Morgan fingerprint density at radius 3 is 3.10 bits per heavy atom. The van der Waals surface area contributed by atoms with Gasteiger partial charge in [-0.15, -0.1) is 0 Å². The molecule has 3 aromatic heterocycles. The van der Waals surface area contributed by atoms with Gasteiger partial charge in [0.2, 0.25) is 5.95 Å². The molecule has 108 valence electrons. The van der Waals surface area contributed by atoms with Crippen LogP contribution < -0.4 is 5.32 Å². The third-order valence-corrected chi connectivity index (χ3v) is 3.65. The van der Waals surface area contributed by atoms with Crippen molar-refractivity contribution in [2.45, 2.75) is 32.1 Å². The highest BCUT2D eigenvalue weighted by molar-refractivity contribution is 5.82. The quantitative estimate of drug-likeness (QED) is 0.750. The highest BCUT2D eigenvalue weighted by Gasteiger charge is 2.26. The van der Waals surface area contributed by atoms with E-state index in [1.807, 2.05) is 10.9 Å². The molecule has 3 heterocycles. The lowest BCUT2D eigenvalue weighted by Crippen LogP contribution is -2.08. The first-order valence-electron chi connectivity index (χ1n) is 7.36.